The number of nitrogens with one attached hydrogen (secondary N) is 2. The number of fused-ring (bicyclic) bond motifs is 1. The molecule has 124 valence electrons. The Morgan fingerprint density at radius 2 is 1.96 bits per heavy atom. The van der Waals surface area contributed by atoms with E-state index in [1.807, 2.05) is 52.0 Å². The van der Waals surface area contributed by atoms with Crippen molar-refractivity contribution in [2.24, 2.45) is 5.41 Å². The van der Waals surface area contributed by atoms with Gasteiger partial charge in [0.15, 0.2) is 0 Å². The predicted molar refractivity (Wildman–Crippen MR) is 93.6 cm³/mol. The number of nitrogens with zero attached hydrogens (tertiary/aromatic N) is 1. The smallest absolute Gasteiger partial charge is 0.404 e. The molecule has 0 aliphatic rings. The lowest BCUT2D eigenvalue weighted by Gasteiger charge is -2.36. The molecule has 2 unspecified atom stereocenters. The summed E-state index contributed by atoms with van der Waals surface area (Å²) >= 11 is 0. The second-order valence-corrected chi connectivity index (χ2v) is 6.83. The number of benzene rings is 1. The van der Waals surface area contributed by atoms with Gasteiger partial charge < -0.3 is 21.5 Å². The van der Waals surface area contributed by atoms with E-state index in [1.54, 1.807) is 6.20 Å². The molecule has 1 heterocycles. The molecule has 1 amide bonds. The molecular formula is C17H24N4O2. The summed E-state index contributed by atoms with van der Waals surface area (Å²) in [6, 6.07) is 7.27. The van der Waals surface area contributed by atoms with E-state index in [4.69, 9.17) is 10.8 Å². The highest BCUT2D eigenvalue weighted by Crippen LogP contribution is 2.30. The Labute approximate surface area is 136 Å². The molecule has 5 N–H and O–H groups in total. The highest BCUT2D eigenvalue weighted by molar-refractivity contribution is 5.97. The third kappa shape index (κ3) is 3.83. The summed E-state index contributed by atoms with van der Waals surface area (Å²) in [5.74, 6) is 0. The van der Waals surface area contributed by atoms with E-state index < -0.39 is 6.09 Å². The van der Waals surface area contributed by atoms with Crippen molar-refractivity contribution in [2.75, 3.05) is 11.1 Å². The number of rotatable bonds is 4. The molecule has 0 saturated carbocycles. The lowest BCUT2D eigenvalue weighted by Crippen LogP contribution is -2.52. The zero-order valence-corrected chi connectivity index (χ0v) is 13.9. The molecule has 2 rings (SSSR count). The minimum Gasteiger partial charge on any atom is -0.465 e. The number of amides is 1. The second kappa shape index (κ2) is 6.32. The highest BCUT2D eigenvalue weighted by atomic mass is 16.4. The highest BCUT2D eigenvalue weighted by Gasteiger charge is 2.31. The summed E-state index contributed by atoms with van der Waals surface area (Å²) in [6.45, 7) is 7.94. The summed E-state index contributed by atoms with van der Waals surface area (Å²) in [6.07, 6.45) is 0.583. The van der Waals surface area contributed by atoms with Gasteiger partial charge in [-0.15, -0.1) is 0 Å². The number of para-hydroxylation sites is 1. The van der Waals surface area contributed by atoms with Crippen LogP contribution in [0.4, 0.5) is 16.2 Å². The van der Waals surface area contributed by atoms with Crippen molar-refractivity contribution in [1.82, 2.24) is 10.3 Å². The fourth-order valence-electron chi connectivity index (χ4n) is 2.85. The molecule has 1 aromatic carbocycles. The van der Waals surface area contributed by atoms with E-state index in [1.165, 1.54) is 0 Å². The number of pyridine rings is 1. The van der Waals surface area contributed by atoms with Crippen LogP contribution in [0.3, 0.4) is 0 Å². The number of hydrogen-bond donors (Lipinski definition) is 4. The first kappa shape index (κ1) is 16.9. The lowest BCUT2D eigenvalue weighted by molar-refractivity contribution is 0.170. The molecular weight excluding hydrogens is 292 g/mol. The molecule has 0 saturated heterocycles. The van der Waals surface area contributed by atoms with Crippen LogP contribution in [0.5, 0.6) is 0 Å². The molecule has 6 nitrogen and oxygen atoms in total. The second-order valence-electron chi connectivity index (χ2n) is 6.83. The van der Waals surface area contributed by atoms with Crippen molar-refractivity contribution in [3.8, 4) is 0 Å². The Morgan fingerprint density at radius 1 is 1.30 bits per heavy atom. The van der Waals surface area contributed by atoms with Crippen molar-refractivity contribution < 1.29 is 9.90 Å². The molecule has 23 heavy (non-hydrogen) atoms. The van der Waals surface area contributed by atoms with Gasteiger partial charge in [-0.3, -0.25) is 4.98 Å². The van der Waals surface area contributed by atoms with Crippen LogP contribution in [0.2, 0.25) is 0 Å². The number of carboxylic acid groups (broad SMARTS) is 1. The van der Waals surface area contributed by atoms with Crippen molar-refractivity contribution in [1.29, 1.82) is 0 Å². The topological polar surface area (TPSA) is 100 Å². The maximum atomic E-state index is 11.1. The van der Waals surface area contributed by atoms with Crippen LogP contribution in [-0.2, 0) is 0 Å². The van der Waals surface area contributed by atoms with Gasteiger partial charge in [0.25, 0.3) is 0 Å². The predicted octanol–water partition coefficient (Wildman–Crippen LogP) is 3.30. The number of anilines is 2. The van der Waals surface area contributed by atoms with Gasteiger partial charge in [0, 0.05) is 11.4 Å². The van der Waals surface area contributed by atoms with E-state index in [0.29, 0.717) is 5.69 Å². The number of carbonyl (C=O) groups is 1. The van der Waals surface area contributed by atoms with Crippen LogP contribution in [0.15, 0.2) is 30.5 Å². The minimum atomic E-state index is -1.04. The molecule has 2 aromatic rings. The summed E-state index contributed by atoms with van der Waals surface area (Å²) in [4.78, 5) is 15.4. The Bertz CT molecular complexity index is 709. The third-order valence-corrected chi connectivity index (χ3v) is 3.89. The monoisotopic (exact) mass is 316 g/mol. The Kier molecular flexibility index (Phi) is 4.63. The van der Waals surface area contributed by atoms with E-state index in [9.17, 15) is 4.79 Å². The summed E-state index contributed by atoms with van der Waals surface area (Å²) < 4.78 is 0. The van der Waals surface area contributed by atoms with E-state index in [0.717, 1.165) is 16.6 Å². The molecule has 0 aliphatic carbocycles. The first-order chi connectivity index (χ1) is 10.7. The zero-order chi connectivity index (χ0) is 17.2. The minimum absolute atomic E-state index is 0.154. The first-order valence-corrected chi connectivity index (χ1v) is 7.59. The Balaban J connectivity index is 2.37. The molecule has 0 radical (unpaired) electrons. The molecule has 0 bridgehead atoms. The lowest BCUT2D eigenvalue weighted by atomic mass is 9.82. The van der Waals surface area contributed by atoms with Gasteiger partial charge in [-0.05, 0) is 18.4 Å². The van der Waals surface area contributed by atoms with Crippen LogP contribution in [0, 0.1) is 5.41 Å². The fraction of sp³-hybridized carbons (Fsp3) is 0.412. The molecule has 1 aromatic heterocycles. The van der Waals surface area contributed by atoms with Gasteiger partial charge >= 0.3 is 6.09 Å². The maximum absolute atomic E-state index is 11.1. The van der Waals surface area contributed by atoms with Gasteiger partial charge in [0.05, 0.1) is 29.1 Å². The van der Waals surface area contributed by atoms with Gasteiger partial charge in [0.1, 0.15) is 0 Å². The van der Waals surface area contributed by atoms with Crippen molar-refractivity contribution in [3.05, 3.63) is 30.5 Å². The SMILES string of the molecule is CC(Nc1c(N)cnc2ccccc12)C(NC(=O)O)C(C)(C)C. The average molecular weight is 316 g/mol. The number of nitrogens with two attached hydrogens (primary N) is 1. The molecule has 6 heteroatoms. The maximum Gasteiger partial charge on any atom is 0.404 e. The van der Waals surface area contributed by atoms with E-state index in [2.05, 4.69) is 15.6 Å². The van der Waals surface area contributed by atoms with E-state index in [-0.39, 0.29) is 17.5 Å². The van der Waals surface area contributed by atoms with Crippen LogP contribution in [0.25, 0.3) is 10.9 Å². The summed E-state index contributed by atoms with van der Waals surface area (Å²) in [5, 5.41) is 16.0. The molecule has 0 spiro atoms. The van der Waals surface area contributed by atoms with Crippen molar-refractivity contribution in [2.45, 2.75) is 39.8 Å². The van der Waals surface area contributed by atoms with Gasteiger partial charge in [-0.1, -0.05) is 39.0 Å². The largest absolute Gasteiger partial charge is 0.465 e. The van der Waals surface area contributed by atoms with Crippen molar-refractivity contribution in [3.63, 3.8) is 0 Å². The van der Waals surface area contributed by atoms with Gasteiger partial charge in [-0.25, -0.2) is 4.79 Å². The van der Waals surface area contributed by atoms with Crippen molar-refractivity contribution >= 4 is 28.4 Å². The molecule has 0 fully saturated rings. The van der Waals surface area contributed by atoms with Crippen LogP contribution >= 0.6 is 0 Å². The van der Waals surface area contributed by atoms with E-state index >= 15 is 0 Å². The average Bonchev–Trinajstić information content (AvgIpc) is 2.46. The normalized spacial score (nSPS) is 14.3. The standard InChI is InChI=1S/C17H24N4O2/c1-10(15(17(2,3)4)21-16(22)23)20-14-11-7-5-6-8-13(11)19-9-12(14)18/h5-10,15,21H,18H2,1-4H3,(H,19,20)(H,22,23). The quantitative estimate of drug-likeness (QED) is 0.693. The number of hydrogen-bond acceptors (Lipinski definition) is 4. The number of aromatic nitrogens is 1. The molecule has 0 aliphatic heterocycles. The van der Waals surface area contributed by atoms with Crippen LogP contribution in [-0.4, -0.2) is 28.3 Å². The molecule has 2 atom stereocenters. The number of nitrogen functional groups attached to an aromatic ring is 1. The fourth-order valence-corrected chi connectivity index (χ4v) is 2.85. The first-order valence-electron chi connectivity index (χ1n) is 7.59. The summed E-state index contributed by atoms with van der Waals surface area (Å²) in [7, 11) is 0. The zero-order valence-electron chi connectivity index (χ0n) is 13.9. The summed E-state index contributed by atoms with van der Waals surface area (Å²) in [5.41, 5.74) is 8.00. The Morgan fingerprint density at radius 3 is 2.57 bits per heavy atom. The van der Waals surface area contributed by atoms with Crippen LogP contribution < -0.4 is 16.4 Å². The van der Waals surface area contributed by atoms with Crippen LogP contribution in [0.1, 0.15) is 27.7 Å². The van der Waals surface area contributed by atoms with Gasteiger partial charge in [-0.2, -0.15) is 0 Å². The third-order valence-electron chi connectivity index (χ3n) is 3.89. The van der Waals surface area contributed by atoms with Gasteiger partial charge in [0.2, 0.25) is 0 Å². The Hall–Kier alpha value is -2.50.